The van der Waals surface area contributed by atoms with E-state index in [4.69, 9.17) is 4.98 Å². The van der Waals surface area contributed by atoms with Crippen molar-refractivity contribution in [3.8, 4) is 5.82 Å². The van der Waals surface area contributed by atoms with Gasteiger partial charge in [0.15, 0.2) is 17.1 Å². The first-order valence-electron chi connectivity index (χ1n) is 12.4. The van der Waals surface area contributed by atoms with Gasteiger partial charge in [0.2, 0.25) is 5.95 Å². The molecule has 0 amide bonds. The van der Waals surface area contributed by atoms with Gasteiger partial charge in [-0.05, 0) is 80.5 Å². The van der Waals surface area contributed by atoms with Gasteiger partial charge in [-0.15, -0.1) is 0 Å². The van der Waals surface area contributed by atoms with E-state index in [1.807, 2.05) is 18.2 Å². The largest absolute Gasteiger partial charge is 0.324 e. The molecule has 1 aromatic carbocycles. The molecule has 3 aliphatic rings. The highest BCUT2D eigenvalue weighted by Gasteiger charge is 2.40. The van der Waals surface area contributed by atoms with E-state index < -0.39 is 5.67 Å². The Balaban J connectivity index is 1.33. The van der Waals surface area contributed by atoms with Gasteiger partial charge >= 0.3 is 0 Å². The number of pyridine rings is 1. The van der Waals surface area contributed by atoms with Crippen LogP contribution in [0.1, 0.15) is 55.0 Å². The van der Waals surface area contributed by atoms with Crippen LogP contribution in [-0.4, -0.2) is 30.9 Å². The normalized spacial score (nSPS) is 18.8. The Bertz CT molecular complexity index is 1520. The maximum absolute atomic E-state index is 15.2. The average Bonchev–Trinajstić information content (AvgIpc) is 3.66. The summed E-state index contributed by atoms with van der Waals surface area (Å²) in [7, 11) is 0. The molecule has 0 saturated heterocycles. The zero-order valence-electron chi connectivity index (χ0n) is 19.3. The Morgan fingerprint density at radius 3 is 2.80 bits per heavy atom. The number of alkyl halides is 1. The number of fused-ring (bicyclic) bond motifs is 2. The number of hydrogen-bond donors (Lipinski definition) is 2. The molecular weight excluding hydrogens is 445 g/mol. The summed E-state index contributed by atoms with van der Waals surface area (Å²) < 4.78 is 18.6. The first-order chi connectivity index (χ1) is 17.1. The van der Waals surface area contributed by atoms with Crippen molar-refractivity contribution in [2.24, 2.45) is 0 Å². The van der Waals surface area contributed by atoms with E-state index in [-0.39, 0.29) is 11.6 Å². The van der Waals surface area contributed by atoms with Gasteiger partial charge in [-0.1, -0.05) is 12.1 Å². The Labute approximate surface area is 201 Å². The fraction of sp³-hybridized carbons (Fsp3) is 0.385. The minimum Gasteiger partial charge on any atom is -0.324 e. The molecule has 2 N–H and O–H groups in total. The van der Waals surface area contributed by atoms with Crippen LogP contribution in [0.25, 0.3) is 16.9 Å². The van der Waals surface area contributed by atoms with Crippen LogP contribution >= 0.6 is 0 Å². The summed E-state index contributed by atoms with van der Waals surface area (Å²) in [4.78, 5) is 27.2. The van der Waals surface area contributed by atoms with E-state index in [9.17, 15) is 4.79 Å². The van der Waals surface area contributed by atoms with Crippen molar-refractivity contribution < 1.29 is 4.39 Å². The molecule has 2 aliphatic carbocycles. The number of hydrogen-bond acceptors (Lipinski definition) is 6. The van der Waals surface area contributed by atoms with Crippen molar-refractivity contribution in [1.82, 2.24) is 29.6 Å². The van der Waals surface area contributed by atoms with Crippen LogP contribution in [0, 0.1) is 0 Å². The lowest BCUT2D eigenvalue weighted by Gasteiger charge is -2.33. The van der Waals surface area contributed by atoms with Crippen molar-refractivity contribution in [2.45, 2.75) is 56.8 Å². The molecule has 8 nitrogen and oxygen atoms in total. The minimum atomic E-state index is -1.38. The molecule has 0 bridgehead atoms. The maximum Gasteiger partial charge on any atom is 0.278 e. The zero-order valence-corrected chi connectivity index (χ0v) is 19.3. The second-order valence-corrected chi connectivity index (χ2v) is 9.86. The van der Waals surface area contributed by atoms with Crippen LogP contribution in [0.15, 0.2) is 47.4 Å². The van der Waals surface area contributed by atoms with Crippen LogP contribution in [0.2, 0.25) is 0 Å². The summed E-state index contributed by atoms with van der Waals surface area (Å²) in [5.41, 5.74) is 2.89. The fourth-order valence-corrected chi connectivity index (χ4v) is 5.15. The van der Waals surface area contributed by atoms with Crippen LogP contribution in [0.5, 0.6) is 0 Å². The number of benzene rings is 1. The summed E-state index contributed by atoms with van der Waals surface area (Å²) in [6.45, 7) is 1.83. The van der Waals surface area contributed by atoms with Crippen molar-refractivity contribution in [2.75, 3.05) is 11.9 Å². The monoisotopic (exact) mass is 471 g/mol. The van der Waals surface area contributed by atoms with Gasteiger partial charge in [0.25, 0.3) is 5.56 Å². The average molecular weight is 472 g/mol. The SMILES string of the molecule is O=c1c2cnc(Nc3ccc4c(c3)CNCC4)nc2n(-c2cccc(C3(F)CCC3)n2)n1C1CC1. The number of nitrogens with one attached hydrogen (secondary N) is 2. The molecule has 0 atom stereocenters. The van der Waals surface area contributed by atoms with Crippen molar-refractivity contribution in [3.05, 3.63) is 69.8 Å². The van der Waals surface area contributed by atoms with Crippen LogP contribution < -0.4 is 16.2 Å². The molecule has 2 saturated carbocycles. The lowest BCUT2D eigenvalue weighted by molar-refractivity contribution is 0.0559. The highest BCUT2D eigenvalue weighted by molar-refractivity contribution is 5.77. The standard InChI is InChI=1S/C26H26FN7O/c27-26(10-2-11-26)21-3-1-4-22(31-21)34-23-20(24(35)33(34)19-7-8-19)15-29-25(32-23)30-18-6-5-16-9-12-28-14-17(16)13-18/h1,3-6,13,15,19,28H,2,7-12,14H2,(H,29,30,32). The van der Waals surface area contributed by atoms with E-state index in [0.29, 0.717) is 41.3 Å². The molecule has 4 aromatic rings. The van der Waals surface area contributed by atoms with E-state index in [1.54, 1.807) is 21.6 Å². The zero-order chi connectivity index (χ0) is 23.6. The lowest BCUT2D eigenvalue weighted by Crippen LogP contribution is -2.30. The second kappa shape index (κ2) is 7.71. The minimum absolute atomic E-state index is 0.0924. The van der Waals surface area contributed by atoms with Gasteiger partial charge in [0.05, 0.1) is 11.7 Å². The lowest BCUT2D eigenvalue weighted by atomic mass is 9.79. The van der Waals surface area contributed by atoms with Gasteiger partial charge in [-0.2, -0.15) is 4.98 Å². The molecule has 0 unspecified atom stereocenters. The number of rotatable bonds is 5. The quantitative estimate of drug-likeness (QED) is 0.457. The third kappa shape index (κ3) is 3.44. The topological polar surface area (TPSA) is 89.7 Å². The molecule has 3 aromatic heterocycles. The molecule has 35 heavy (non-hydrogen) atoms. The first-order valence-corrected chi connectivity index (χ1v) is 12.4. The molecule has 2 fully saturated rings. The van der Waals surface area contributed by atoms with Gasteiger partial charge in [0.1, 0.15) is 5.39 Å². The predicted molar refractivity (Wildman–Crippen MR) is 131 cm³/mol. The number of halogens is 1. The summed E-state index contributed by atoms with van der Waals surface area (Å²) in [5, 5.41) is 7.13. The summed E-state index contributed by atoms with van der Waals surface area (Å²) >= 11 is 0. The third-order valence-corrected chi connectivity index (χ3v) is 7.42. The fourth-order valence-electron chi connectivity index (χ4n) is 5.15. The molecule has 178 valence electrons. The van der Waals surface area contributed by atoms with Crippen molar-refractivity contribution in [3.63, 3.8) is 0 Å². The maximum atomic E-state index is 15.2. The van der Waals surface area contributed by atoms with E-state index in [1.165, 1.54) is 11.1 Å². The summed E-state index contributed by atoms with van der Waals surface area (Å²) in [6.07, 6.45) is 6.27. The molecule has 1 aliphatic heterocycles. The highest BCUT2D eigenvalue weighted by atomic mass is 19.1. The molecule has 4 heterocycles. The van der Waals surface area contributed by atoms with E-state index in [2.05, 4.69) is 32.7 Å². The van der Waals surface area contributed by atoms with E-state index >= 15 is 4.39 Å². The van der Waals surface area contributed by atoms with Crippen molar-refractivity contribution >= 4 is 22.7 Å². The van der Waals surface area contributed by atoms with Gasteiger partial charge in [0, 0.05) is 18.4 Å². The van der Waals surface area contributed by atoms with Crippen molar-refractivity contribution in [1.29, 1.82) is 0 Å². The number of nitrogens with zero attached hydrogens (tertiary/aromatic N) is 5. The van der Waals surface area contributed by atoms with Gasteiger partial charge in [-0.3, -0.25) is 4.79 Å². The molecule has 9 heteroatoms. The molecule has 0 radical (unpaired) electrons. The molecule has 7 rings (SSSR count). The Morgan fingerprint density at radius 2 is 2.00 bits per heavy atom. The summed E-state index contributed by atoms with van der Waals surface area (Å²) in [5.74, 6) is 0.912. The highest BCUT2D eigenvalue weighted by Crippen LogP contribution is 2.44. The smallest absolute Gasteiger partial charge is 0.278 e. The number of anilines is 2. The van der Waals surface area contributed by atoms with Crippen LogP contribution in [0.3, 0.4) is 0 Å². The third-order valence-electron chi connectivity index (χ3n) is 7.42. The Kier molecular flexibility index (Phi) is 4.57. The van der Waals surface area contributed by atoms with E-state index in [0.717, 1.165) is 44.5 Å². The van der Waals surface area contributed by atoms with Crippen LogP contribution in [0.4, 0.5) is 16.0 Å². The first kappa shape index (κ1) is 20.8. The predicted octanol–water partition coefficient (Wildman–Crippen LogP) is 4.05. The molecular formula is C26H26FN7O. The Morgan fingerprint density at radius 1 is 1.11 bits per heavy atom. The van der Waals surface area contributed by atoms with Gasteiger partial charge in [-0.25, -0.2) is 23.7 Å². The van der Waals surface area contributed by atoms with Gasteiger partial charge < -0.3 is 10.6 Å². The second-order valence-electron chi connectivity index (χ2n) is 9.86. The summed E-state index contributed by atoms with van der Waals surface area (Å²) in [6, 6.07) is 11.7. The number of aromatic nitrogens is 5. The Hall–Kier alpha value is -3.59. The van der Waals surface area contributed by atoms with Crippen LogP contribution in [-0.2, 0) is 18.6 Å². The molecule has 0 spiro atoms.